The van der Waals surface area contributed by atoms with Crippen molar-refractivity contribution >= 4 is 45.3 Å². The fraction of sp³-hybridized carbons (Fsp3) is 0. The molecule has 28 heavy (non-hydrogen) atoms. The molecule has 0 aliphatic carbocycles. The van der Waals surface area contributed by atoms with E-state index in [4.69, 9.17) is 20.4 Å². The highest BCUT2D eigenvalue weighted by Gasteiger charge is 2.14. The van der Waals surface area contributed by atoms with Crippen LogP contribution in [-0.4, -0.2) is 10.9 Å². The first-order valence-electron chi connectivity index (χ1n) is 8.62. The van der Waals surface area contributed by atoms with E-state index in [1.807, 2.05) is 36.4 Å². The van der Waals surface area contributed by atoms with E-state index in [9.17, 15) is 4.79 Å². The fourth-order valence-electron chi connectivity index (χ4n) is 3.04. The van der Waals surface area contributed by atoms with Crippen LogP contribution in [0, 0.1) is 0 Å². The van der Waals surface area contributed by atoms with E-state index >= 15 is 0 Å². The van der Waals surface area contributed by atoms with Crippen molar-refractivity contribution in [2.75, 3.05) is 5.32 Å². The summed E-state index contributed by atoms with van der Waals surface area (Å²) < 4.78 is 11.4. The minimum atomic E-state index is -0.325. The van der Waals surface area contributed by atoms with Crippen molar-refractivity contribution in [2.24, 2.45) is 0 Å². The van der Waals surface area contributed by atoms with E-state index in [-0.39, 0.29) is 11.7 Å². The number of carbonyl (C=O) groups is 1. The van der Waals surface area contributed by atoms with E-state index < -0.39 is 0 Å². The molecule has 0 bridgehead atoms. The van der Waals surface area contributed by atoms with Gasteiger partial charge in [0.1, 0.15) is 11.1 Å². The summed E-state index contributed by atoms with van der Waals surface area (Å²) >= 11 is 6.04. The van der Waals surface area contributed by atoms with Crippen LogP contribution in [0.25, 0.3) is 33.5 Å². The van der Waals surface area contributed by atoms with Crippen molar-refractivity contribution < 1.29 is 13.6 Å². The highest BCUT2D eigenvalue weighted by molar-refractivity contribution is 6.30. The number of para-hydroxylation sites is 1. The van der Waals surface area contributed by atoms with Crippen LogP contribution in [0.1, 0.15) is 10.6 Å². The molecule has 136 valence electrons. The van der Waals surface area contributed by atoms with Gasteiger partial charge in [-0.3, -0.25) is 4.79 Å². The molecule has 5 aromatic rings. The summed E-state index contributed by atoms with van der Waals surface area (Å²) in [5.41, 5.74) is 3.32. The summed E-state index contributed by atoms with van der Waals surface area (Å²) in [7, 11) is 0. The number of oxazole rings is 1. The molecule has 0 aliphatic rings. The Morgan fingerprint density at radius 2 is 1.79 bits per heavy atom. The molecule has 0 unspecified atom stereocenters. The van der Waals surface area contributed by atoms with E-state index in [1.54, 1.807) is 36.4 Å². The molecular formula is C22H13ClN2O3. The van der Waals surface area contributed by atoms with Gasteiger partial charge in [-0.25, -0.2) is 4.98 Å². The van der Waals surface area contributed by atoms with Gasteiger partial charge < -0.3 is 14.2 Å². The van der Waals surface area contributed by atoms with Crippen molar-refractivity contribution in [1.82, 2.24) is 4.98 Å². The quantitative estimate of drug-likeness (QED) is 0.402. The maximum Gasteiger partial charge on any atom is 0.291 e. The van der Waals surface area contributed by atoms with Gasteiger partial charge in [0.2, 0.25) is 5.89 Å². The number of halogens is 1. The molecule has 1 N–H and O–H groups in total. The fourth-order valence-corrected chi connectivity index (χ4v) is 3.23. The molecular weight excluding hydrogens is 376 g/mol. The molecule has 0 radical (unpaired) electrons. The van der Waals surface area contributed by atoms with Gasteiger partial charge in [-0.2, -0.15) is 0 Å². The van der Waals surface area contributed by atoms with Gasteiger partial charge >= 0.3 is 0 Å². The average molecular weight is 389 g/mol. The molecule has 3 aromatic carbocycles. The monoisotopic (exact) mass is 388 g/mol. The Hall–Kier alpha value is -3.57. The number of nitrogens with one attached hydrogen (secondary N) is 1. The third kappa shape index (κ3) is 3.02. The van der Waals surface area contributed by atoms with Gasteiger partial charge in [-0.15, -0.1) is 0 Å². The Morgan fingerprint density at radius 3 is 2.64 bits per heavy atom. The zero-order valence-electron chi connectivity index (χ0n) is 14.5. The summed E-state index contributed by atoms with van der Waals surface area (Å²) in [5.74, 6) is 0.397. The second-order valence-corrected chi connectivity index (χ2v) is 6.75. The first-order chi connectivity index (χ1) is 13.7. The Bertz CT molecular complexity index is 1300. The van der Waals surface area contributed by atoms with Crippen molar-refractivity contribution in [1.29, 1.82) is 0 Å². The lowest BCUT2D eigenvalue weighted by Crippen LogP contribution is -2.10. The van der Waals surface area contributed by atoms with Crippen LogP contribution in [0.3, 0.4) is 0 Å². The Kier molecular flexibility index (Phi) is 3.88. The molecule has 2 aromatic heterocycles. The van der Waals surface area contributed by atoms with Crippen LogP contribution in [0.4, 0.5) is 5.69 Å². The Labute approximate surface area is 164 Å². The van der Waals surface area contributed by atoms with E-state index in [2.05, 4.69) is 10.3 Å². The molecule has 0 saturated carbocycles. The van der Waals surface area contributed by atoms with Crippen LogP contribution in [0.5, 0.6) is 0 Å². The number of benzene rings is 3. The van der Waals surface area contributed by atoms with Crippen molar-refractivity contribution in [3.05, 3.63) is 83.6 Å². The summed E-state index contributed by atoms with van der Waals surface area (Å²) in [6.07, 6.45) is 0. The molecule has 5 rings (SSSR count). The number of hydrogen-bond acceptors (Lipinski definition) is 4. The van der Waals surface area contributed by atoms with E-state index in [0.29, 0.717) is 33.3 Å². The Morgan fingerprint density at radius 1 is 0.893 bits per heavy atom. The number of furan rings is 1. The molecule has 0 saturated heterocycles. The summed E-state index contributed by atoms with van der Waals surface area (Å²) in [6, 6.07) is 21.8. The number of nitrogens with zero attached hydrogens (tertiary/aromatic N) is 1. The number of hydrogen-bond donors (Lipinski definition) is 1. The van der Waals surface area contributed by atoms with Gasteiger partial charge in [0.15, 0.2) is 11.3 Å². The molecule has 0 aliphatic heterocycles. The van der Waals surface area contributed by atoms with E-state index in [1.165, 1.54) is 0 Å². The first-order valence-corrected chi connectivity index (χ1v) is 9.00. The zero-order valence-corrected chi connectivity index (χ0v) is 15.2. The minimum Gasteiger partial charge on any atom is -0.451 e. The number of aromatic nitrogens is 1. The molecule has 6 heteroatoms. The van der Waals surface area contributed by atoms with Crippen LogP contribution < -0.4 is 5.32 Å². The summed E-state index contributed by atoms with van der Waals surface area (Å²) in [5, 5.41) is 4.32. The summed E-state index contributed by atoms with van der Waals surface area (Å²) in [6.45, 7) is 0. The van der Waals surface area contributed by atoms with Crippen LogP contribution >= 0.6 is 11.6 Å². The maximum absolute atomic E-state index is 12.5. The predicted molar refractivity (Wildman–Crippen MR) is 109 cm³/mol. The summed E-state index contributed by atoms with van der Waals surface area (Å²) in [4.78, 5) is 17.0. The molecule has 2 heterocycles. The number of amides is 1. The number of carbonyl (C=O) groups excluding carboxylic acids is 1. The maximum atomic E-state index is 12.5. The van der Waals surface area contributed by atoms with Gasteiger partial charge in [-0.1, -0.05) is 35.9 Å². The molecule has 0 atom stereocenters. The van der Waals surface area contributed by atoms with Gasteiger partial charge in [0.25, 0.3) is 5.91 Å². The third-order valence-corrected chi connectivity index (χ3v) is 4.60. The lowest BCUT2D eigenvalue weighted by atomic mass is 10.2. The smallest absolute Gasteiger partial charge is 0.291 e. The highest BCUT2D eigenvalue weighted by atomic mass is 35.5. The second-order valence-electron chi connectivity index (χ2n) is 6.31. The highest BCUT2D eigenvalue weighted by Crippen LogP contribution is 2.28. The van der Waals surface area contributed by atoms with Crippen molar-refractivity contribution in [3.63, 3.8) is 0 Å². The van der Waals surface area contributed by atoms with E-state index in [0.717, 1.165) is 10.9 Å². The largest absolute Gasteiger partial charge is 0.451 e. The van der Waals surface area contributed by atoms with Crippen molar-refractivity contribution in [3.8, 4) is 11.5 Å². The molecule has 0 fully saturated rings. The van der Waals surface area contributed by atoms with Crippen LogP contribution in [0.15, 0.2) is 81.6 Å². The lowest BCUT2D eigenvalue weighted by Gasteiger charge is -2.02. The zero-order chi connectivity index (χ0) is 19.1. The van der Waals surface area contributed by atoms with Crippen molar-refractivity contribution in [2.45, 2.75) is 0 Å². The predicted octanol–water partition coefficient (Wildman–Crippen LogP) is 6.15. The number of rotatable bonds is 3. The third-order valence-electron chi connectivity index (χ3n) is 4.37. The van der Waals surface area contributed by atoms with Gasteiger partial charge in [-0.05, 0) is 48.5 Å². The average Bonchev–Trinajstić information content (AvgIpc) is 3.32. The second kappa shape index (κ2) is 6.55. The Balaban J connectivity index is 1.43. The van der Waals surface area contributed by atoms with Crippen LogP contribution in [0.2, 0.25) is 5.02 Å². The van der Waals surface area contributed by atoms with Gasteiger partial charge in [0, 0.05) is 21.7 Å². The molecule has 1 amide bonds. The first kappa shape index (κ1) is 16.6. The SMILES string of the molecule is O=C(Nc1ccc2oc(-c3cccc(Cl)c3)nc2c1)c1cc2ccccc2o1. The lowest BCUT2D eigenvalue weighted by molar-refractivity contribution is 0.0998. The number of fused-ring (bicyclic) bond motifs is 2. The molecule has 0 spiro atoms. The number of anilines is 1. The molecule has 5 nitrogen and oxygen atoms in total. The standard InChI is InChI=1S/C22H13ClN2O3/c23-15-6-3-5-14(10-15)22-25-17-12-16(8-9-19(17)28-22)24-21(26)20-11-13-4-1-2-7-18(13)27-20/h1-12H,(H,24,26). The minimum absolute atomic E-state index is 0.251. The van der Waals surface area contributed by atoms with Crippen LogP contribution in [-0.2, 0) is 0 Å². The normalized spacial score (nSPS) is 11.2. The topological polar surface area (TPSA) is 68.3 Å². The van der Waals surface area contributed by atoms with Gasteiger partial charge in [0.05, 0.1) is 0 Å².